The van der Waals surface area contributed by atoms with E-state index in [-0.39, 0.29) is 163 Å². The van der Waals surface area contributed by atoms with Crippen molar-refractivity contribution >= 4 is 84.8 Å². The Bertz CT molecular complexity index is 2890. The fourth-order valence-electron chi connectivity index (χ4n) is 5.30. The molecule has 278 valence electrons. The van der Waals surface area contributed by atoms with Crippen molar-refractivity contribution in [3.05, 3.63) is 97.1 Å². The molecule has 6 aromatic rings. The van der Waals surface area contributed by atoms with Crippen molar-refractivity contribution in [3.8, 4) is 22.6 Å². The van der Waals surface area contributed by atoms with Crippen LogP contribution in [0.25, 0.3) is 32.7 Å². The minimum absolute atomic E-state index is 0. The molecule has 2 N–H and O–H groups in total. The molecule has 0 amide bonds. The van der Waals surface area contributed by atoms with Gasteiger partial charge in [0.15, 0.2) is 0 Å². The first-order valence-corrected chi connectivity index (χ1v) is 20.2. The van der Waals surface area contributed by atoms with Gasteiger partial charge in [0.25, 0.3) is 0 Å². The summed E-state index contributed by atoms with van der Waals surface area (Å²) in [5.41, 5.74) is -2.10. The first kappa shape index (κ1) is 52.4. The fraction of sp³-hybridized carbons (Fsp3) is 0. The van der Waals surface area contributed by atoms with E-state index in [0.717, 1.165) is 72.8 Å². The molecule has 0 atom stereocenters. The smallest absolute Gasteiger partial charge is 0.744 e. The Hall–Kier alpha value is -1.72. The number of benzene rings is 6. The standard InChI is InChI=1S/C32H22N4O14S4.4Na/c37-27-11-1-17-13-21(51(39,40)41)5-9-23(17)31(27)35-33-19-3-7-25(29(15-19)53(45,46)47)26-8-4-20(16-30(26)54(48,49)50)34-36-32-24-10-6-22(52(42,43)44)14-18(24)2-12-28(32)38;;;;/h1-16,37-38H,(H,39,40,41)(H,42,43,44)(H,45,46,47)(H,48,49,50);;;;/q;4*+1/p-4. The Kier molecular flexibility index (Phi) is 18.1. The van der Waals surface area contributed by atoms with Gasteiger partial charge >= 0.3 is 118 Å². The Morgan fingerprint density at radius 3 is 1.05 bits per heavy atom. The van der Waals surface area contributed by atoms with Crippen LogP contribution in [0, 0.1) is 0 Å². The molecule has 6 aromatic carbocycles. The molecule has 0 saturated carbocycles. The van der Waals surface area contributed by atoms with E-state index in [2.05, 4.69) is 20.5 Å². The average Bonchev–Trinajstić information content (AvgIpc) is 3.08. The molecule has 0 aliphatic heterocycles. The first-order valence-electron chi connectivity index (χ1n) is 14.6. The second-order valence-electron chi connectivity index (χ2n) is 11.2. The number of fused-ring (bicyclic) bond motifs is 2. The zero-order valence-corrected chi connectivity index (χ0v) is 41.7. The maximum atomic E-state index is 12.4. The minimum atomic E-state index is -5.42. The predicted molar refractivity (Wildman–Crippen MR) is 183 cm³/mol. The number of phenolic OH excluding ortho intramolecular Hbond substituents is 2. The Morgan fingerprint density at radius 2 is 0.741 bits per heavy atom. The van der Waals surface area contributed by atoms with Gasteiger partial charge in [0, 0.05) is 21.9 Å². The SMILES string of the molecule is O=S(=O)([O-])c1ccc2c(N=Nc3ccc(-c4ccc(N=Nc5c(O)ccc6cc(S(=O)(=O)[O-])ccc56)cc4S(=O)(=O)[O-])c(S(=O)(=O)[O-])c3)c(O)ccc2c1.[Na+].[Na+].[Na+].[Na+]. The first-order chi connectivity index (χ1) is 25.1. The minimum Gasteiger partial charge on any atom is -0.744 e. The van der Waals surface area contributed by atoms with Crippen LogP contribution in [0.1, 0.15) is 0 Å². The third-order valence-corrected chi connectivity index (χ3v) is 11.2. The van der Waals surface area contributed by atoms with E-state index in [9.17, 15) is 62.1 Å². The number of rotatable bonds is 9. The number of hydrogen-bond acceptors (Lipinski definition) is 18. The van der Waals surface area contributed by atoms with Gasteiger partial charge in [-0.25, -0.2) is 33.7 Å². The molecule has 6 rings (SSSR count). The number of nitrogens with zero attached hydrogens (tertiary/aromatic N) is 4. The van der Waals surface area contributed by atoms with Gasteiger partial charge in [0.2, 0.25) is 0 Å². The predicted octanol–water partition coefficient (Wildman–Crippen LogP) is -6.47. The van der Waals surface area contributed by atoms with E-state index in [4.69, 9.17) is 0 Å². The molecule has 0 saturated heterocycles. The van der Waals surface area contributed by atoms with Crippen LogP contribution < -0.4 is 118 Å². The summed E-state index contributed by atoms with van der Waals surface area (Å²) in [6.07, 6.45) is 0. The molecule has 0 spiro atoms. The van der Waals surface area contributed by atoms with Crippen molar-refractivity contribution in [1.82, 2.24) is 0 Å². The quantitative estimate of drug-likeness (QED) is 0.0775. The van der Waals surface area contributed by atoms with E-state index >= 15 is 0 Å². The van der Waals surface area contributed by atoms with Crippen molar-refractivity contribution in [2.45, 2.75) is 19.6 Å². The largest absolute Gasteiger partial charge is 1.00 e. The van der Waals surface area contributed by atoms with Gasteiger partial charge in [-0.15, -0.1) is 10.2 Å². The van der Waals surface area contributed by atoms with E-state index < -0.39 is 82.7 Å². The van der Waals surface area contributed by atoms with E-state index in [1.54, 1.807) is 0 Å². The van der Waals surface area contributed by atoms with Crippen LogP contribution in [0.5, 0.6) is 11.5 Å². The summed E-state index contributed by atoms with van der Waals surface area (Å²) in [6, 6.07) is 16.9. The van der Waals surface area contributed by atoms with Crippen LogP contribution in [0.15, 0.2) is 137 Å². The molecular weight excluding hydrogens is 885 g/mol. The molecule has 0 aromatic heterocycles. The van der Waals surface area contributed by atoms with Crippen molar-refractivity contribution in [2.24, 2.45) is 20.5 Å². The summed E-state index contributed by atoms with van der Waals surface area (Å²) in [4.78, 5) is -3.15. The summed E-state index contributed by atoms with van der Waals surface area (Å²) in [7, 11) is -20.5. The summed E-state index contributed by atoms with van der Waals surface area (Å²) < 4.78 is 143. The van der Waals surface area contributed by atoms with E-state index in [0.29, 0.717) is 0 Å². The van der Waals surface area contributed by atoms with Gasteiger partial charge < -0.3 is 28.4 Å². The van der Waals surface area contributed by atoms with Crippen LogP contribution in [0.2, 0.25) is 0 Å². The van der Waals surface area contributed by atoms with Gasteiger partial charge in [0.05, 0.1) is 31.0 Å². The van der Waals surface area contributed by atoms with Crippen LogP contribution >= 0.6 is 0 Å². The number of azo groups is 2. The second-order valence-corrected chi connectivity index (χ2v) is 16.7. The summed E-state index contributed by atoms with van der Waals surface area (Å²) >= 11 is 0. The second kappa shape index (κ2) is 20.0. The topological polar surface area (TPSA) is 319 Å². The summed E-state index contributed by atoms with van der Waals surface area (Å²) in [5.74, 6) is -0.890. The van der Waals surface area contributed by atoms with Gasteiger partial charge in [-0.3, -0.25) is 0 Å². The third-order valence-electron chi connectivity index (χ3n) is 7.75. The van der Waals surface area contributed by atoms with Crippen molar-refractivity contribution < 1.29 is 180 Å². The van der Waals surface area contributed by atoms with Crippen LogP contribution in [0.3, 0.4) is 0 Å². The maximum Gasteiger partial charge on any atom is 1.00 e. The van der Waals surface area contributed by atoms with Crippen molar-refractivity contribution in [3.63, 3.8) is 0 Å². The molecule has 18 nitrogen and oxygen atoms in total. The molecule has 26 heteroatoms. The number of phenols is 2. The molecule has 0 fully saturated rings. The zero-order chi connectivity index (χ0) is 39.4. The van der Waals surface area contributed by atoms with Crippen LogP contribution in [-0.2, 0) is 40.5 Å². The number of aromatic hydroxyl groups is 2. The Labute approximate surface area is 419 Å². The van der Waals surface area contributed by atoms with Gasteiger partial charge in [-0.2, -0.15) is 10.2 Å². The van der Waals surface area contributed by atoms with Gasteiger partial charge in [-0.05, 0) is 71.4 Å². The molecule has 0 aliphatic carbocycles. The van der Waals surface area contributed by atoms with Crippen LogP contribution in [0.4, 0.5) is 22.7 Å². The normalized spacial score (nSPS) is 12.1. The molecule has 0 heterocycles. The van der Waals surface area contributed by atoms with Crippen molar-refractivity contribution in [1.29, 1.82) is 0 Å². The molecule has 0 bridgehead atoms. The third kappa shape index (κ3) is 11.8. The van der Waals surface area contributed by atoms with Gasteiger partial charge in [-0.1, -0.05) is 36.4 Å². The average molecular weight is 903 g/mol. The molecule has 0 unspecified atom stereocenters. The van der Waals surface area contributed by atoms with E-state index in [1.165, 1.54) is 24.3 Å². The summed E-state index contributed by atoms with van der Waals surface area (Å²) in [6.45, 7) is 0. The Morgan fingerprint density at radius 1 is 0.397 bits per heavy atom. The Balaban J connectivity index is 0.00000290. The van der Waals surface area contributed by atoms with E-state index in [1.807, 2.05) is 0 Å². The molecular formula is C32H18N4Na4O14S4. The fourth-order valence-corrected chi connectivity index (χ4v) is 7.74. The van der Waals surface area contributed by atoms with Gasteiger partial charge in [0.1, 0.15) is 63.3 Å². The van der Waals surface area contributed by atoms with Crippen molar-refractivity contribution in [2.75, 3.05) is 0 Å². The monoisotopic (exact) mass is 902 g/mol. The molecule has 58 heavy (non-hydrogen) atoms. The maximum absolute atomic E-state index is 12.4. The van der Waals surface area contributed by atoms with Crippen LogP contribution in [-0.4, -0.2) is 62.1 Å². The summed E-state index contributed by atoms with van der Waals surface area (Å²) in [5, 5.41) is 36.9. The number of hydrogen-bond donors (Lipinski definition) is 2. The molecule has 0 aliphatic rings. The zero-order valence-electron chi connectivity index (χ0n) is 30.5. The molecule has 0 radical (unpaired) electrons.